The zero-order chi connectivity index (χ0) is 19.7. The van der Waals surface area contributed by atoms with Gasteiger partial charge in [0.1, 0.15) is 5.69 Å². The van der Waals surface area contributed by atoms with E-state index < -0.39 is 30.8 Å². The Kier molecular flexibility index (Phi) is 5.73. The van der Waals surface area contributed by atoms with E-state index >= 15 is 0 Å². The van der Waals surface area contributed by atoms with Crippen LogP contribution in [0, 0.1) is 10.1 Å². The summed E-state index contributed by atoms with van der Waals surface area (Å²) in [5, 5.41) is 14.4. The van der Waals surface area contributed by atoms with E-state index in [1.165, 1.54) is 16.4 Å². The molecule has 3 rings (SSSR count). The molecule has 1 aromatic carbocycles. The number of benzene rings is 1. The second kappa shape index (κ2) is 7.72. The Hall–Kier alpha value is -1.72. The fraction of sp³-hybridized carbons (Fsp3) is 0.625. The van der Waals surface area contributed by atoms with Gasteiger partial charge in [-0.2, -0.15) is 4.31 Å². The lowest BCUT2D eigenvalue weighted by molar-refractivity contribution is -0.384. The van der Waals surface area contributed by atoms with Gasteiger partial charge in [0.25, 0.3) is 5.69 Å². The molecule has 2 aliphatic heterocycles. The van der Waals surface area contributed by atoms with E-state index in [1.54, 1.807) is 0 Å². The summed E-state index contributed by atoms with van der Waals surface area (Å²) in [6, 6.07) is 3.35. The average Bonchev–Trinajstić information content (AvgIpc) is 2.79. The summed E-state index contributed by atoms with van der Waals surface area (Å²) in [5.74, 6) is -0.0438. The first-order valence-corrected chi connectivity index (χ1v) is 12.2. The van der Waals surface area contributed by atoms with Gasteiger partial charge in [0, 0.05) is 25.2 Å². The number of hydrogen-bond donors (Lipinski definition) is 1. The Balaban J connectivity index is 1.88. The highest BCUT2D eigenvalue weighted by Gasteiger charge is 2.31. The highest BCUT2D eigenvalue weighted by Crippen LogP contribution is 2.31. The van der Waals surface area contributed by atoms with Gasteiger partial charge >= 0.3 is 0 Å². The number of rotatable bonds is 5. The maximum atomic E-state index is 12.9. The van der Waals surface area contributed by atoms with Crippen molar-refractivity contribution in [2.24, 2.45) is 0 Å². The van der Waals surface area contributed by atoms with Gasteiger partial charge in [0.15, 0.2) is 9.84 Å². The van der Waals surface area contributed by atoms with Crippen LogP contribution in [0.5, 0.6) is 0 Å². The largest absolute Gasteiger partial charge is 0.376 e. The molecule has 1 N–H and O–H groups in total. The minimum absolute atomic E-state index is 0.0416. The SMILES string of the molecule is O=[N+]([O-])c1cc(S(=O)(=O)N2CCCCCC2)ccc1NC1CCS(=O)(=O)C1. The zero-order valence-corrected chi connectivity index (χ0v) is 16.5. The van der Waals surface area contributed by atoms with E-state index in [0.717, 1.165) is 31.7 Å². The molecule has 1 unspecified atom stereocenters. The van der Waals surface area contributed by atoms with Crippen molar-refractivity contribution in [1.82, 2.24) is 4.31 Å². The molecular formula is C16H23N3O6S2. The summed E-state index contributed by atoms with van der Waals surface area (Å²) in [6.45, 7) is 0.826. The van der Waals surface area contributed by atoms with Gasteiger partial charge in [0.2, 0.25) is 10.0 Å². The predicted molar refractivity (Wildman–Crippen MR) is 101 cm³/mol. The molecule has 0 aromatic heterocycles. The van der Waals surface area contributed by atoms with Crippen molar-refractivity contribution in [2.45, 2.75) is 43.0 Å². The fourth-order valence-corrected chi connectivity index (χ4v) is 6.72. The molecule has 0 saturated carbocycles. The van der Waals surface area contributed by atoms with Gasteiger partial charge in [0.05, 0.1) is 21.3 Å². The standard InChI is InChI=1S/C16H23N3O6S2/c20-19(21)16-11-14(27(24,25)18-8-3-1-2-4-9-18)5-6-15(16)17-13-7-10-26(22,23)12-13/h5-6,11,13,17H,1-4,7-10,12H2. The van der Waals surface area contributed by atoms with Crippen molar-refractivity contribution in [3.05, 3.63) is 28.3 Å². The Morgan fingerprint density at radius 1 is 1.15 bits per heavy atom. The summed E-state index contributed by atoms with van der Waals surface area (Å²) in [6.07, 6.45) is 3.86. The van der Waals surface area contributed by atoms with Crippen molar-refractivity contribution in [3.63, 3.8) is 0 Å². The molecule has 27 heavy (non-hydrogen) atoms. The molecule has 1 aromatic rings. The molecule has 0 spiro atoms. The van der Waals surface area contributed by atoms with Crippen molar-refractivity contribution < 1.29 is 21.8 Å². The molecule has 2 aliphatic rings. The van der Waals surface area contributed by atoms with Crippen LogP contribution in [0.25, 0.3) is 0 Å². The molecular weight excluding hydrogens is 394 g/mol. The van der Waals surface area contributed by atoms with E-state index in [-0.39, 0.29) is 27.8 Å². The lowest BCUT2D eigenvalue weighted by Crippen LogP contribution is -2.32. The third-order valence-electron chi connectivity index (χ3n) is 4.96. The quantitative estimate of drug-likeness (QED) is 0.571. The molecule has 9 nitrogen and oxygen atoms in total. The number of nitro groups is 1. The number of sulfone groups is 1. The van der Waals surface area contributed by atoms with Gasteiger partial charge in [-0.3, -0.25) is 10.1 Å². The maximum absolute atomic E-state index is 12.9. The molecule has 0 amide bonds. The molecule has 0 radical (unpaired) electrons. The molecule has 11 heteroatoms. The van der Waals surface area contributed by atoms with Crippen LogP contribution >= 0.6 is 0 Å². The molecule has 2 heterocycles. The van der Waals surface area contributed by atoms with E-state index in [1.807, 2.05) is 0 Å². The van der Waals surface area contributed by atoms with Gasteiger partial charge in [-0.05, 0) is 31.4 Å². The van der Waals surface area contributed by atoms with Crippen molar-refractivity contribution >= 4 is 31.2 Å². The molecule has 1 atom stereocenters. The fourth-order valence-electron chi connectivity index (χ4n) is 3.50. The highest BCUT2D eigenvalue weighted by molar-refractivity contribution is 7.91. The minimum atomic E-state index is -3.80. The zero-order valence-electron chi connectivity index (χ0n) is 14.8. The van der Waals surface area contributed by atoms with Crippen LogP contribution in [-0.4, -0.2) is 56.7 Å². The van der Waals surface area contributed by atoms with Crippen LogP contribution in [0.2, 0.25) is 0 Å². The molecule has 0 aliphatic carbocycles. The third-order valence-corrected chi connectivity index (χ3v) is 8.62. The van der Waals surface area contributed by atoms with Gasteiger partial charge in [-0.15, -0.1) is 0 Å². The first kappa shape index (κ1) is 20.0. The molecule has 2 saturated heterocycles. The first-order valence-electron chi connectivity index (χ1n) is 8.95. The number of nitrogens with zero attached hydrogens (tertiary/aromatic N) is 2. The summed E-state index contributed by atoms with van der Waals surface area (Å²) < 4.78 is 50.3. The Morgan fingerprint density at radius 3 is 2.37 bits per heavy atom. The van der Waals surface area contributed by atoms with Crippen LogP contribution in [0.3, 0.4) is 0 Å². The lowest BCUT2D eigenvalue weighted by Gasteiger charge is -2.20. The monoisotopic (exact) mass is 417 g/mol. The number of nitrogens with one attached hydrogen (secondary N) is 1. The number of sulfonamides is 1. The normalized spacial score (nSPS) is 23.6. The van der Waals surface area contributed by atoms with Crippen LogP contribution < -0.4 is 5.32 Å². The van der Waals surface area contributed by atoms with Crippen molar-refractivity contribution in [1.29, 1.82) is 0 Å². The van der Waals surface area contributed by atoms with Gasteiger partial charge in [-0.25, -0.2) is 16.8 Å². The smallest absolute Gasteiger partial charge is 0.293 e. The van der Waals surface area contributed by atoms with E-state index in [4.69, 9.17) is 0 Å². The molecule has 0 bridgehead atoms. The number of nitro benzene ring substituents is 1. The minimum Gasteiger partial charge on any atom is -0.376 e. The summed E-state index contributed by atoms with van der Waals surface area (Å²) in [4.78, 5) is 10.7. The van der Waals surface area contributed by atoms with Crippen LogP contribution in [0.1, 0.15) is 32.1 Å². The first-order chi connectivity index (χ1) is 12.7. The van der Waals surface area contributed by atoms with Gasteiger partial charge in [-0.1, -0.05) is 12.8 Å². The number of anilines is 1. The van der Waals surface area contributed by atoms with Crippen molar-refractivity contribution in [3.8, 4) is 0 Å². The molecule has 2 fully saturated rings. The summed E-state index contributed by atoms with van der Waals surface area (Å²) in [5.41, 5.74) is -0.230. The van der Waals surface area contributed by atoms with Crippen LogP contribution in [0.15, 0.2) is 23.1 Å². The van der Waals surface area contributed by atoms with E-state index in [9.17, 15) is 26.9 Å². The second-order valence-electron chi connectivity index (χ2n) is 7.00. The predicted octanol–water partition coefficient (Wildman–Crippen LogP) is 1.76. The Morgan fingerprint density at radius 2 is 1.81 bits per heavy atom. The van der Waals surface area contributed by atoms with Crippen LogP contribution in [-0.2, 0) is 19.9 Å². The van der Waals surface area contributed by atoms with E-state index in [0.29, 0.717) is 19.5 Å². The third kappa shape index (κ3) is 4.58. The highest BCUT2D eigenvalue weighted by atomic mass is 32.2. The molecule has 150 valence electrons. The summed E-state index contributed by atoms with van der Waals surface area (Å²) >= 11 is 0. The van der Waals surface area contributed by atoms with Crippen molar-refractivity contribution in [2.75, 3.05) is 29.9 Å². The average molecular weight is 418 g/mol. The topological polar surface area (TPSA) is 127 Å². The maximum Gasteiger partial charge on any atom is 0.293 e. The number of hydrogen-bond acceptors (Lipinski definition) is 7. The second-order valence-corrected chi connectivity index (χ2v) is 11.2. The Bertz CT molecular complexity index is 921. The van der Waals surface area contributed by atoms with Gasteiger partial charge < -0.3 is 5.32 Å². The van der Waals surface area contributed by atoms with Crippen LogP contribution in [0.4, 0.5) is 11.4 Å². The van der Waals surface area contributed by atoms with E-state index in [2.05, 4.69) is 5.32 Å². The summed E-state index contributed by atoms with van der Waals surface area (Å²) in [7, 11) is -6.93. The lowest BCUT2D eigenvalue weighted by atomic mass is 10.2. The Labute approximate surface area is 158 Å².